The molecule has 0 radical (unpaired) electrons. The van der Waals surface area contributed by atoms with Crippen LogP contribution < -0.4 is 5.32 Å². The van der Waals surface area contributed by atoms with Gasteiger partial charge in [0.2, 0.25) is 0 Å². The van der Waals surface area contributed by atoms with Crippen LogP contribution in [0, 0.1) is 11.8 Å². The van der Waals surface area contributed by atoms with Crippen LogP contribution in [0.5, 0.6) is 0 Å². The van der Waals surface area contributed by atoms with Crippen molar-refractivity contribution < 1.29 is 0 Å². The van der Waals surface area contributed by atoms with E-state index < -0.39 is 0 Å². The molecule has 18 heavy (non-hydrogen) atoms. The smallest absolute Gasteiger partial charge is 0.0335 e. The largest absolute Gasteiger partial charge is 0.308 e. The highest BCUT2D eigenvalue weighted by Crippen LogP contribution is 2.46. The lowest BCUT2D eigenvalue weighted by Gasteiger charge is -2.54. The molecule has 2 nitrogen and oxygen atoms in total. The maximum atomic E-state index is 3.93. The molecule has 0 spiro atoms. The molecule has 0 aromatic heterocycles. The summed E-state index contributed by atoms with van der Waals surface area (Å²) in [6.45, 7) is 11.1. The van der Waals surface area contributed by atoms with E-state index in [-0.39, 0.29) is 0 Å². The Morgan fingerprint density at radius 1 is 1.11 bits per heavy atom. The Kier molecular flexibility index (Phi) is 3.22. The molecule has 2 aliphatic carbocycles. The number of rotatable bonds is 5. The van der Waals surface area contributed by atoms with Crippen molar-refractivity contribution in [3.63, 3.8) is 0 Å². The topological polar surface area (TPSA) is 15.3 Å². The molecule has 104 valence electrons. The van der Waals surface area contributed by atoms with Crippen LogP contribution in [0.4, 0.5) is 0 Å². The van der Waals surface area contributed by atoms with Crippen molar-refractivity contribution >= 4 is 0 Å². The van der Waals surface area contributed by atoms with Gasteiger partial charge in [-0.1, -0.05) is 13.8 Å². The van der Waals surface area contributed by atoms with Gasteiger partial charge in [0.1, 0.15) is 0 Å². The minimum Gasteiger partial charge on any atom is -0.308 e. The van der Waals surface area contributed by atoms with Crippen molar-refractivity contribution in [2.24, 2.45) is 11.8 Å². The lowest BCUT2D eigenvalue weighted by molar-refractivity contribution is -0.00531. The lowest BCUT2D eigenvalue weighted by atomic mass is 9.81. The van der Waals surface area contributed by atoms with Gasteiger partial charge in [-0.05, 0) is 57.3 Å². The normalized spacial score (nSPS) is 36.8. The number of hydrogen-bond acceptors (Lipinski definition) is 2. The van der Waals surface area contributed by atoms with Crippen LogP contribution >= 0.6 is 0 Å². The van der Waals surface area contributed by atoms with E-state index in [1.54, 1.807) is 0 Å². The Labute approximate surface area is 113 Å². The first-order chi connectivity index (χ1) is 8.62. The maximum absolute atomic E-state index is 3.93. The van der Waals surface area contributed by atoms with E-state index >= 15 is 0 Å². The van der Waals surface area contributed by atoms with E-state index in [9.17, 15) is 0 Å². The van der Waals surface area contributed by atoms with Crippen LogP contribution in [0.1, 0.15) is 59.3 Å². The molecule has 1 atom stereocenters. The standard InChI is InChI=1S/C16H30N2/c1-4-16(5-2)12-18(10-13-6-7-13)15(3,11-17-16)14-8-9-14/h13-14,17H,4-12H2,1-3H3. The molecular formula is C16H30N2. The van der Waals surface area contributed by atoms with Crippen molar-refractivity contribution in [2.75, 3.05) is 19.6 Å². The lowest BCUT2D eigenvalue weighted by Crippen LogP contribution is -2.69. The summed E-state index contributed by atoms with van der Waals surface area (Å²) in [5.74, 6) is 1.99. The summed E-state index contributed by atoms with van der Waals surface area (Å²) in [6.07, 6.45) is 8.43. The van der Waals surface area contributed by atoms with Crippen molar-refractivity contribution in [1.29, 1.82) is 0 Å². The quantitative estimate of drug-likeness (QED) is 0.807. The second kappa shape index (κ2) is 4.49. The molecule has 0 aromatic rings. The third kappa shape index (κ3) is 2.22. The van der Waals surface area contributed by atoms with E-state index in [2.05, 4.69) is 31.0 Å². The average Bonchev–Trinajstić information content (AvgIpc) is 3.25. The van der Waals surface area contributed by atoms with Gasteiger partial charge in [-0.2, -0.15) is 0 Å². The SMILES string of the molecule is CCC1(CC)CN(CC2CC2)C(C)(C2CC2)CN1. The summed E-state index contributed by atoms with van der Waals surface area (Å²) in [6, 6.07) is 0. The van der Waals surface area contributed by atoms with Gasteiger partial charge in [-0.25, -0.2) is 0 Å². The predicted molar refractivity (Wildman–Crippen MR) is 76.7 cm³/mol. The van der Waals surface area contributed by atoms with Gasteiger partial charge < -0.3 is 5.32 Å². The molecule has 2 saturated carbocycles. The third-order valence-corrected chi connectivity index (χ3v) is 6.02. The highest BCUT2D eigenvalue weighted by molar-refractivity contribution is 5.09. The van der Waals surface area contributed by atoms with Crippen LogP contribution in [0.25, 0.3) is 0 Å². The fraction of sp³-hybridized carbons (Fsp3) is 1.00. The summed E-state index contributed by atoms with van der Waals surface area (Å²) in [7, 11) is 0. The molecule has 3 fully saturated rings. The van der Waals surface area contributed by atoms with Crippen molar-refractivity contribution in [3.05, 3.63) is 0 Å². The van der Waals surface area contributed by atoms with E-state index in [0.717, 1.165) is 11.8 Å². The summed E-state index contributed by atoms with van der Waals surface area (Å²) in [5, 5.41) is 3.93. The second-order valence-electron chi connectivity index (χ2n) is 7.30. The molecule has 1 saturated heterocycles. The van der Waals surface area contributed by atoms with E-state index in [1.165, 1.54) is 58.2 Å². The minimum absolute atomic E-state index is 0.392. The van der Waals surface area contributed by atoms with Crippen molar-refractivity contribution in [2.45, 2.75) is 70.4 Å². The van der Waals surface area contributed by atoms with Crippen LogP contribution in [-0.4, -0.2) is 35.6 Å². The Morgan fingerprint density at radius 2 is 1.78 bits per heavy atom. The molecule has 0 bridgehead atoms. The summed E-state index contributed by atoms with van der Waals surface area (Å²) in [4.78, 5) is 2.88. The monoisotopic (exact) mass is 250 g/mol. The number of piperazine rings is 1. The molecule has 0 aromatic carbocycles. The molecular weight excluding hydrogens is 220 g/mol. The van der Waals surface area contributed by atoms with Gasteiger partial charge in [-0.15, -0.1) is 0 Å². The summed E-state index contributed by atoms with van der Waals surface area (Å²) < 4.78 is 0. The molecule has 1 aliphatic heterocycles. The first-order valence-corrected chi connectivity index (χ1v) is 8.12. The first-order valence-electron chi connectivity index (χ1n) is 8.12. The fourth-order valence-corrected chi connectivity index (χ4v) is 3.80. The molecule has 0 amide bonds. The fourth-order valence-electron chi connectivity index (χ4n) is 3.80. The third-order valence-electron chi connectivity index (χ3n) is 6.02. The van der Waals surface area contributed by atoms with Crippen LogP contribution in [0.3, 0.4) is 0 Å². The summed E-state index contributed by atoms with van der Waals surface area (Å²) >= 11 is 0. The van der Waals surface area contributed by atoms with E-state index in [0.29, 0.717) is 11.1 Å². The Morgan fingerprint density at radius 3 is 2.28 bits per heavy atom. The average molecular weight is 250 g/mol. The van der Waals surface area contributed by atoms with Gasteiger partial charge in [0.15, 0.2) is 0 Å². The maximum Gasteiger partial charge on any atom is 0.0335 e. The molecule has 1 heterocycles. The molecule has 2 heteroatoms. The zero-order valence-corrected chi connectivity index (χ0v) is 12.5. The highest BCUT2D eigenvalue weighted by Gasteiger charge is 2.51. The van der Waals surface area contributed by atoms with E-state index in [4.69, 9.17) is 0 Å². The van der Waals surface area contributed by atoms with Gasteiger partial charge in [0, 0.05) is 30.7 Å². The van der Waals surface area contributed by atoms with Gasteiger partial charge in [0.05, 0.1) is 0 Å². The van der Waals surface area contributed by atoms with E-state index in [1.807, 2.05) is 0 Å². The summed E-state index contributed by atoms with van der Waals surface area (Å²) in [5.41, 5.74) is 0.847. The number of hydrogen-bond donors (Lipinski definition) is 1. The molecule has 3 rings (SSSR count). The number of nitrogens with zero attached hydrogens (tertiary/aromatic N) is 1. The Bertz CT molecular complexity index is 302. The van der Waals surface area contributed by atoms with Crippen LogP contribution in [0.15, 0.2) is 0 Å². The van der Waals surface area contributed by atoms with Crippen LogP contribution in [-0.2, 0) is 0 Å². The zero-order valence-electron chi connectivity index (χ0n) is 12.5. The minimum atomic E-state index is 0.392. The first kappa shape index (κ1) is 12.9. The van der Waals surface area contributed by atoms with Gasteiger partial charge in [-0.3, -0.25) is 4.90 Å². The number of nitrogens with one attached hydrogen (secondary N) is 1. The Balaban J connectivity index is 1.76. The Hall–Kier alpha value is -0.0800. The predicted octanol–water partition coefficient (Wildman–Crippen LogP) is 3.03. The zero-order chi connectivity index (χ0) is 12.8. The van der Waals surface area contributed by atoms with Crippen LogP contribution in [0.2, 0.25) is 0 Å². The van der Waals surface area contributed by atoms with Gasteiger partial charge >= 0.3 is 0 Å². The van der Waals surface area contributed by atoms with Crippen molar-refractivity contribution in [3.8, 4) is 0 Å². The second-order valence-corrected chi connectivity index (χ2v) is 7.30. The molecule has 1 N–H and O–H groups in total. The highest BCUT2D eigenvalue weighted by atomic mass is 15.3. The molecule has 1 unspecified atom stereocenters. The molecule has 3 aliphatic rings. The van der Waals surface area contributed by atoms with Gasteiger partial charge in [0.25, 0.3) is 0 Å². The van der Waals surface area contributed by atoms with Crippen molar-refractivity contribution in [1.82, 2.24) is 10.2 Å².